The van der Waals surface area contributed by atoms with Crippen molar-refractivity contribution in [3.05, 3.63) is 0 Å². The lowest BCUT2D eigenvalue weighted by Crippen LogP contribution is -2.37. The summed E-state index contributed by atoms with van der Waals surface area (Å²) in [5.41, 5.74) is 5.70. The minimum atomic E-state index is 0.300. The fraction of sp³-hybridized carbons (Fsp3) is 1.00. The molecule has 0 radical (unpaired) electrons. The van der Waals surface area contributed by atoms with Crippen LogP contribution in [0, 0.1) is 5.92 Å². The molecule has 0 heterocycles. The molecule has 68 valence electrons. The molecule has 0 aliphatic rings. The summed E-state index contributed by atoms with van der Waals surface area (Å²) in [6, 6.07) is 0.300. The number of rotatable bonds is 5. The Labute approximate surface area is 70.8 Å². The second kappa shape index (κ2) is 5.56. The van der Waals surface area contributed by atoms with Crippen molar-refractivity contribution in [2.75, 3.05) is 19.6 Å². The maximum atomic E-state index is 5.70. The van der Waals surface area contributed by atoms with E-state index >= 15 is 0 Å². The van der Waals surface area contributed by atoms with Crippen molar-refractivity contribution in [2.24, 2.45) is 11.7 Å². The zero-order valence-electron chi connectivity index (χ0n) is 8.30. The third-order valence-electron chi connectivity index (χ3n) is 1.62. The zero-order chi connectivity index (χ0) is 8.85. The maximum Gasteiger partial charge on any atom is 0.0139 e. The molecule has 0 aromatic rings. The van der Waals surface area contributed by atoms with Crippen molar-refractivity contribution < 1.29 is 0 Å². The Balaban J connectivity index is 3.58. The summed E-state index contributed by atoms with van der Waals surface area (Å²) in [7, 11) is 0. The lowest BCUT2D eigenvalue weighted by Gasteiger charge is -2.24. The average Bonchev–Trinajstić information content (AvgIpc) is 1.84. The molecule has 1 atom stereocenters. The third-order valence-corrected chi connectivity index (χ3v) is 1.62. The van der Waals surface area contributed by atoms with Gasteiger partial charge in [-0.25, -0.2) is 0 Å². The van der Waals surface area contributed by atoms with Crippen molar-refractivity contribution in [3.8, 4) is 0 Å². The second-order valence-corrected chi connectivity index (χ2v) is 3.72. The summed E-state index contributed by atoms with van der Waals surface area (Å²) in [6.07, 6.45) is 0. The largest absolute Gasteiger partial charge is 0.327 e. The molecule has 0 aliphatic carbocycles. The highest BCUT2D eigenvalue weighted by Crippen LogP contribution is 1.98. The van der Waals surface area contributed by atoms with Crippen molar-refractivity contribution in [2.45, 2.75) is 33.7 Å². The molecule has 2 nitrogen and oxygen atoms in total. The van der Waals surface area contributed by atoms with Gasteiger partial charge < -0.3 is 10.6 Å². The highest BCUT2D eigenvalue weighted by atomic mass is 15.1. The molecule has 0 bridgehead atoms. The lowest BCUT2D eigenvalue weighted by atomic mass is 10.2. The summed E-state index contributed by atoms with van der Waals surface area (Å²) >= 11 is 0. The number of hydrogen-bond acceptors (Lipinski definition) is 2. The van der Waals surface area contributed by atoms with Crippen LogP contribution < -0.4 is 5.73 Å². The summed E-state index contributed by atoms with van der Waals surface area (Å²) < 4.78 is 0. The van der Waals surface area contributed by atoms with Gasteiger partial charge in [-0.1, -0.05) is 20.8 Å². The van der Waals surface area contributed by atoms with Gasteiger partial charge in [0.1, 0.15) is 0 Å². The van der Waals surface area contributed by atoms with Crippen molar-refractivity contribution >= 4 is 0 Å². The predicted molar refractivity (Wildman–Crippen MR) is 50.6 cm³/mol. The minimum Gasteiger partial charge on any atom is -0.327 e. The molecule has 0 amide bonds. The summed E-state index contributed by atoms with van der Waals surface area (Å²) in [5, 5.41) is 0. The molecule has 2 N–H and O–H groups in total. The average molecular weight is 158 g/mol. The van der Waals surface area contributed by atoms with E-state index < -0.39 is 0 Å². The molecular weight excluding hydrogens is 136 g/mol. The van der Waals surface area contributed by atoms with Gasteiger partial charge in [-0.15, -0.1) is 0 Å². The maximum absolute atomic E-state index is 5.70. The van der Waals surface area contributed by atoms with E-state index in [1.807, 2.05) is 0 Å². The topological polar surface area (TPSA) is 29.3 Å². The first kappa shape index (κ1) is 10.9. The van der Waals surface area contributed by atoms with E-state index in [9.17, 15) is 0 Å². The van der Waals surface area contributed by atoms with Crippen molar-refractivity contribution in [1.29, 1.82) is 0 Å². The van der Waals surface area contributed by atoms with Crippen molar-refractivity contribution in [3.63, 3.8) is 0 Å². The van der Waals surface area contributed by atoms with Crippen LogP contribution in [-0.4, -0.2) is 30.6 Å². The standard InChI is InChI=1S/C9H22N2/c1-5-11(6-8(2)3)7-9(4)10/h8-9H,5-7,10H2,1-4H3. The Kier molecular flexibility index (Phi) is 5.51. The quantitative estimate of drug-likeness (QED) is 0.653. The second-order valence-electron chi connectivity index (χ2n) is 3.72. The van der Waals surface area contributed by atoms with Crippen LogP contribution in [0.25, 0.3) is 0 Å². The monoisotopic (exact) mass is 158 g/mol. The molecule has 0 aromatic carbocycles. The molecule has 0 saturated carbocycles. The zero-order valence-corrected chi connectivity index (χ0v) is 8.30. The van der Waals surface area contributed by atoms with Gasteiger partial charge >= 0.3 is 0 Å². The Morgan fingerprint density at radius 3 is 2.00 bits per heavy atom. The Hall–Kier alpha value is -0.0800. The van der Waals surface area contributed by atoms with Gasteiger partial charge in [0.15, 0.2) is 0 Å². The van der Waals surface area contributed by atoms with E-state index in [0.29, 0.717) is 6.04 Å². The van der Waals surface area contributed by atoms with E-state index in [2.05, 4.69) is 32.6 Å². The van der Waals surface area contributed by atoms with Crippen molar-refractivity contribution in [1.82, 2.24) is 4.90 Å². The molecule has 0 saturated heterocycles. The van der Waals surface area contributed by atoms with E-state index in [1.54, 1.807) is 0 Å². The summed E-state index contributed by atoms with van der Waals surface area (Å²) in [4.78, 5) is 2.40. The molecule has 2 heteroatoms. The molecular formula is C9H22N2. The Morgan fingerprint density at radius 2 is 1.73 bits per heavy atom. The number of nitrogens with two attached hydrogens (primary N) is 1. The van der Waals surface area contributed by atoms with Crippen LogP contribution in [0.5, 0.6) is 0 Å². The van der Waals surface area contributed by atoms with Crippen LogP contribution >= 0.6 is 0 Å². The van der Waals surface area contributed by atoms with Crippen LogP contribution in [0.2, 0.25) is 0 Å². The first-order chi connectivity index (χ1) is 5.06. The van der Waals surface area contributed by atoms with Crippen LogP contribution in [-0.2, 0) is 0 Å². The Morgan fingerprint density at radius 1 is 1.18 bits per heavy atom. The Bertz CT molecular complexity index is 79.6. The smallest absolute Gasteiger partial charge is 0.0139 e. The molecule has 0 fully saturated rings. The molecule has 1 unspecified atom stereocenters. The molecule has 0 aromatic heterocycles. The SMILES string of the molecule is CCN(CC(C)C)CC(C)N. The van der Waals surface area contributed by atoms with Crippen LogP contribution in [0.15, 0.2) is 0 Å². The van der Waals surface area contributed by atoms with Gasteiger partial charge in [0.05, 0.1) is 0 Å². The molecule has 11 heavy (non-hydrogen) atoms. The summed E-state index contributed by atoms with van der Waals surface area (Å²) in [6.45, 7) is 12.0. The first-order valence-electron chi connectivity index (χ1n) is 4.54. The van der Waals surface area contributed by atoms with Gasteiger partial charge in [0.2, 0.25) is 0 Å². The number of hydrogen-bond donors (Lipinski definition) is 1. The van der Waals surface area contributed by atoms with E-state index in [-0.39, 0.29) is 0 Å². The first-order valence-corrected chi connectivity index (χ1v) is 4.54. The van der Waals surface area contributed by atoms with Gasteiger partial charge in [0, 0.05) is 19.1 Å². The highest BCUT2D eigenvalue weighted by Gasteiger charge is 2.06. The normalized spacial score (nSPS) is 14.5. The van der Waals surface area contributed by atoms with Gasteiger partial charge in [0.25, 0.3) is 0 Å². The minimum absolute atomic E-state index is 0.300. The molecule has 0 rings (SSSR count). The number of nitrogens with zero attached hydrogens (tertiary/aromatic N) is 1. The lowest BCUT2D eigenvalue weighted by molar-refractivity contribution is 0.245. The van der Waals surface area contributed by atoms with E-state index in [4.69, 9.17) is 5.73 Å². The van der Waals surface area contributed by atoms with Crippen LogP contribution in [0.3, 0.4) is 0 Å². The third kappa shape index (κ3) is 6.32. The summed E-state index contributed by atoms with van der Waals surface area (Å²) in [5.74, 6) is 0.744. The molecule has 0 spiro atoms. The van der Waals surface area contributed by atoms with Gasteiger partial charge in [-0.05, 0) is 19.4 Å². The highest BCUT2D eigenvalue weighted by molar-refractivity contribution is 4.63. The van der Waals surface area contributed by atoms with E-state index in [0.717, 1.165) is 25.6 Å². The molecule has 0 aliphatic heterocycles. The van der Waals surface area contributed by atoms with E-state index in [1.165, 1.54) is 0 Å². The van der Waals surface area contributed by atoms with Crippen LogP contribution in [0.1, 0.15) is 27.7 Å². The fourth-order valence-electron chi connectivity index (χ4n) is 1.26. The van der Waals surface area contributed by atoms with Gasteiger partial charge in [-0.2, -0.15) is 0 Å². The predicted octanol–water partition coefficient (Wildman–Crippen LogP) is 1.31. The number of likely N-dealkylation sites (N-methyl/N-ethyl adjacent to an activating group) is 1. The van der Waals surface area contributed by atoms with Gasteiger partial charge in [-0.3, -0.25) is 0 Å². The fourth-order valence-corrected chi connectivity index (χ4v) is 1.26. The van der Waals surface area contributed by atoms with Crippen LogP contribution in [0.4, 0.5) is 0 Å².